The van der Waals surface area contributed by atoms with E-state index in [4.69, 9.17) is 27.9 Å². The minimum Gasteiger partial charge on any atom is -0.496 e. The first-order chi connectivity index (χ1) is 10.6. The summed E-state index contributed by atoms with van der Waals surface area (Å²) in [4.78, 5) is 17.2. The Kier molecular flexibility index (Phi) is 5.98. The molecule has 0 unspecified atom stereocenters. The Morgan fingerprint density at radius 3 is 2.64 bits per heavy atom. The number of carbonyl (C=O) groups excluding carboxylic acids is 1. The third kappa shape index (κ3) is 4.86. The molecule has 2 aromatic rings. The van der Waals surface area contributed by atoms with Gasteiger partial charge in [-0.2, -0.15) is 0 Å². The Labute approximate surface area is 138 Å². The van der Waals surface area contributed by atoms with Crippen molar-refractivity contribution >= 4 is 35.4 Å². The number of carbonyl (C=O) groups is 1. The molecule has 22 heavy (non-hydrogen) atoms. The van der Waals surface area contributed by atoms with Crippen LogP contribution in [-0.4, -0.2) is 23.5 Å². The van der Waals surface area contributed by atoms with E-state index in [0.717, 1.165) is 10.8 Å². The van der Waals surface area contributed by atoms with Crippen molar-refractivity contribution in [3.8, 4) is 5.75 Å². The molecule has 1 aliphatic rings. The van der Waals surface area contributed by atoms with Crippen LogP contribution in [0.2, 0.25) is 10.2 Å². The molecule has 1 saturated carbocycles. The van der Waals surface area contributed by atoms with E-state index in [2.05, 4.69) is 15.3 Å². The van der Waals surface area contributed by atoms with Crippen molar-refractivity contribution in [3.63, 3.8) is 0 Å². The SMILES string of the molecule is COc1ccc(Cl)cc1C1CC1.O=CNc1cc(Cl)ncn1. The maximum atomic E-state index is 9.87. The largest absolute Gasteiger partial charge is 0.496 e. The third-order valence-corrected chi connectivity index (χ3v) is 3.49. The molecule has 1 heterocycles. The van der Waals surface area contributed by atoms with E-state index >= 15 is 0 Å². The van der Waals surface area contributed by atoms with Crippen molar-refractivity contribution in [1.29, 1.82) is 0 Å². The van der Waals surface area contributed by atoms with Gasteiger partial charge in [0.25, 0.3) is 0 Å². The standard InChI is InChI=1S/C10H11ClO.C5H4ClN3O/c1-12-10-5-4-8(11)6-9(10)7-2-3-7;6-4-1-5(9-3-10)8-2-7-4/h4-7H,2-3H2,1H3;1-3H,(H,7,8,9,10). The summed E-state index contributed by atoms with van der Waals surface area (Å²) in [6.45, 7) is 0. The average molecular weight is 340 g/mol. The lowest BCUT2D eigenvalue weighted by Crippen LogP contribution is -1.96. The zero-order chi connectivity index (χ0) is 15.9. The predicted octanol–water partition coefficient (Wildman–Crippen LogP) is 3.92. The van der Waals surface area contributed by atoms with Crippen molar-refractivity contribution in [3.05, 3.63) is 46.3 Å². The van der Waals surface area contributed by atoms with Gasteiger partial charge in [0.1, 0.15) is 23.0 Å². The smallest absolute Gasteiger partial charge is 0.212 e. The maximum Gasteiger partial charge on any atom is 0.212 e. The van der Waals surface area contributed by atoms with E-state index in [9.17, 15) is 4.79 Å². The van der Waals surface area contributed by atoms with Gasteiger partial charge in [-0.25, -0.2) is 9.97 Å². The fraction of sp³-hybridized carbons (Fsp3) is 0.267. The summed E-state index contributed by atoms with van der Waals surface area (Å²) in [6, 6.07) is 7.27. The number of ether oxygens (including phenoxy) is 1. The summed E-state index contributed by atoms with van der Waals surface area (Å²) < 4.78 is 5.24. The van der Waals surface area contributed by atoms with Gasteiger partial charge >= 0.3 is 0 Å². The van der Waals surface area contributed by atoms with Crippen LogP contribution in [0.5, 0.6) is 5.75 Å². The van der Waals surface area contributed by atoms with Crippen molar-refractivity contribution in [1.82, 2.24) is 9.97 Å². The van der Waals surface area contributed by atoms with Crippen LogP contribution in [0, 0.1) is 0 Å². The molecule has 1 N–H and O–H groups in total. The Bertz CT molecular complexity index is 648. The lowest BCUT2D eigenvalue weighted by atomic mass is 10.1. The minimum absolute atomic E-state index is 0.305. The van der Waals surface area contributed by atoms with Crippen LogP contribution in [-0.2, 0) is 4.79 Å². The van der Waals surface area contributed by atoms with Gasteiger partial charge in [0, 0.05) is 11.1 Å². The first kappa shape index (κ1) is 16.5. The van der Waals surface area contributed by atoms with Crippen LogP contribution in [0.15, 0.2) is 30.6 Å². The Morgan fingerprint density at radius 2 is 2.05 bits per heavy atom. The highest BCUT2D eigenvalue weighted by Gasteiger charge is 2.26. The number of halogens is 2. The fourth-order valence-corrected chi connectivity index (χ4v) is 2.22. The molecule has 5 nitrogen and oxygen atoms in total. The number of aromatic nitrogens is 2. The molecule has 0 aliphatic heterocycles. The van der Waals surface area contributed by atoms with Gasteiger partial charge in [-0.05, 0) is 42.5 Å². The van der Waals surface area contributed by atoms with Gasteiger partial charge in [-0.1, -0.05) is 23.2 Å². The topological polar surface area (TPSA) is 64.1 Å². The van der Waals surface area contributed by atoms with E-state index in [-0.39, 0.29) is 0 Å². The lowest BCUT2D eigenvalue weighted by Gasteiger charge is -2.06. The Balaban J connectivity index is 0.000000164. The lowest BCUT2D eigenvalue weighted by molar-refractivity contribution is -0.105. The summed E-state index contributed by atoms with van der Waals surface area (Å²) in [6.07, 6.45) is 4.35. The molecule has 116 valence electrons. The molecule has 0 atom stereocenters. The number of hydrogen-bond acceptors (Lipinski definition) is 4. The van der Waals surface area contributed by atoms with Crippen LogP contribution in [0.3, 0.4) is 0 Å². The second kappa shape index (κ2) is 7.96. The molecule has 1 aromatic carbocycles. The number of hydrogen-bond donors (Lipinski definition) is 1. The van der Waals surface area contributed by atoms with Gasteiger partial charge in [-0.15, -0.1) is 0 Å². The number of anilines is 1. The molecule has 0 spiro atoms. The molecule has 3 rings (SSSR count). The van der Waals surface area contributed by atoms with Gasteiger partial charge in [0.05, 0.1) is 7.11 Å². The number of nitrogens with zero attached hydrogens (tertiary/aromatic N) is 2. The Hall–Kier alpha value is -1.85. The van der Waals surface area contributed by atoms with E-state index < -0.39 is 0 Å². The van der Waals surface area contributed by atoms with Crippen LogP contribution < -0.4 is 10.1 Å². The van der Waals surface area contributed by atoms with Crippen molar-refractivity contribution in [2.45, 2.75) is 18.8 Å². The second-order valence-corrected chi connectivity index (χ2v) is 5.47. The molecule has 1 aromatic heterocycles. The monoisotopic (exact) mass is 339 g/mol. The first-order valence-corrected chi connectivity index (χ1v) is 7.40. The molecular weight excluding hydrogens is 325 g/mol. The second-order valence-electron chi connectivity index (χ2n) is 4.65. The number of amides is 1. The van der Waals surface area contributed by atoms with Gasteiger partial charge in [0.2, 0.25) is 6.41 Å². The number of methoxy groups -OCH3 is 1. The van der Waals surface area contributed by atoms with Crippen molar-refractivity contribution in [2.75, 3.05) is 12.4 Å². The average Bonchev–Trinajstić information content (AvgIpc) is 3.33. The van der Waals surface area contributed by atoms with E-state index in [1.54, 1.807) is 7.11 Å². The Morgan fingerprint density at radius 1 is 1.27 bits per heavy atom. The molecule has 1 amide bonds. The van der Waals surface area contributed by atoms with Crippen LogP contribution in [0.25, 0.3) is 0 Å². The highest BCUT2D eigenvalue weighted by molar-refractivity contribution is 6.30. The summed E-state index contributed by atoms with van der Waals surface area (Å²) in [7, 11) is 1.70. The first-order valence-electron chi connectivity index (χ1n) is 6.65. The highest BCUT2D eigenvalue weighted by atomic mass is 35.5. The molecule has 0 saturated heterocycles. The molecule has 1 aliphatic carbocycles. The maximum absolute atomic E-state index is 9.87. The van der Waals surface area contributed by atoms with Crippen molar-refractivity contribution < 1.29 is 9.53 Å². The number of rotatable bonds is 4. The quantitative estimate of drug-likeness (QED) is 0.677. The van der Waals surface area contributed by atoms with Crippen LogP contribution in [0.1, 0.15) is 24.3 Å². The zero-order valence-electron chi connectivity index (χ0n) is 11.9. The molecule has 7 heteroatoms. The summed E-state index contributed by atoms with van der Waals surface area (Å²) in [5, 5.41) is 3.44. The van der Waals surface area contributed by atoms with Crippen LogP contribution >= 0.6 is 23.2 Å². The minimum atomic E-state index is 0.305. The van der Waals surface area contributed by atoms with Gasteiger partial charge in [-0.3, -0.25) is 4.79 Å². The molecule has 1 fully saturated rings. The van der Waals surface area contributed by atoms with E-state index in [1.165, 1.54) is 30.8 Å². The summed E-state index contributed by atoms with van der Waals surface area (Å²) >= 11 is 11.4. The van der Waals surface area contributed by atoms with Gasteiger partial charge in [0.15, 0.2) is 0 Å². The van der Waals surface area contributed by atoms with Crippen molar-refractivity contribution in [2.24, 2.45) is 0 Å². The fourth-order valence-electron chi connectivity index (χ4n) is 1.89. The summed E-state index contributed by atoms with van der Waals surface area (Å²) in [5.41, 5.74) is 1.27. The predicted molar refractivity (Wildman–Crippen MR) is 86.7 cm³/mol. The molecule has 0 bridgehead atoms. The third-order valence-electron chi connectivity index (χ3n) is 3.05. The number of nitrogens with one attached hydrogen (secondary N) is 1. The highest BCUT2D eigenvalue weighted by Crippen LogP contribution is 2.44. The normalized spacial score (nSPS) is 12.9. The summed E-state index contributed by atoms with van der Waals surface area (Å²) in [5.74, 6) is 2.07. The van der Waals surface area contributed by atoms with Crippen LogP contribution in [0.4, 0.5) is 5.82 Å². The van der Waals surface area contributed by atoms with E-state index in [0.29, 0.717) is 23.3 Å². The molecular formula is C15H15Cl2N3O2. The number of benzene rings is 1. The van der Waals surface area contributed by atoms with Gasteiger partial charge < -0.3 is 10.1 Å². The zero-order valence-corrected chi connectivity index (χ0v) is 13.4. The molecule has 0 radical (unpaired) electrons. The van der Waals surface area contributed by atoms with E-state index in [1.807, 2.05) is 18.2 Å².